The van der Waals surface area contributed by atoms with Gasteiger partial charge in [-0.15, -0.1) is 0 Å². The zero-order valence-electron chi connectivity index (χ0n) is 23.5. The van der Waals surface area contributed by atoms with Gasteiger partial charge in [0.15, 0.2) is 0 Å². The van der Waals surface area contributed by atoms with Gasteiger partial charge in [0.2, 0.25) is 21.8 Å². The van der Waals surface area contributed by atoms with Crippen LogP contribution in [0.15, 0.2) is 72.8 Å². The Morgan fingerprint density at radius 3 is 2.18 bits per heavy atom. The van der Waals surface area contributed by atoms with Crippen molar-refractivity contribution in [3.8, 4) is 0 Å². The van der Waals surface area contributed by atoms with Crippen LogP contribution in [0.25, 0.3) is 0 Å². The van der Waals surface area contributed by atoms with Gasteiger partial charge in [-0.2, -0.15) is 0 Å². The van der Waals surface area contributed by atoms with E-state index in [4.69, 9.17) is 0 Å². The van der Waals surface area contributed by atoms with Gasteiger partial charge in [0, 0.05) is 33.0 Å². The summed E-state index contributed by atoms with van der Waals surface area (Å²) >= 11 is 0. The van der Waals surface area contributed by atoms with Crippen LogP contribution < -0.4 is 9.62 Å². The molecular weight excluding hydrogens is 510 g/mol. The molecule has 0 aliphatic carbocycles. The van der Waals surface area contributed by atoms with E-state index >= 15 is 0 Å². The number of rotatable bonds is 12. The number of anilines is 1. The first-order valence-electron chi connectivity index (χ1n) is 13.1. The van der Waals surface area contributed by atoms with Crippen molar-refractivity contribution in [1.82, 2.24) is 10.2 Å². The molecule has 0 aliphatic rings. The maximum Gasteiger partial charge on any atom is 0.242 e. The smallest absolute Gasteiger partial charge is 0.242 e. The zero-order chi connectivity index (χ0) is 28.6. The summed E-state index contributed by atoms with van der Waals surface area (Å²) in [6, 6.07) is 22.5. The number of sulfonamides is 1. The van der Waals surface area contributed by atoms with E-state index in [1.807, 2.05) is 93.6 Å². The normalized spacial score (nSPS) is 12.0. The Morgan fingerprint density at radius 2 is 1.54 bits per heavy atom. The van der Waals surface area contributed by atoms with Crippen LogP contribution >= 0.6 is 0 Å². The average Bonchev–Trinajstić information content (AvgIpc) is 2.89. The average molecular weight is 550 g/mol. The first kappa shape index (κ1) is 29.9. The predicted molar refractivity (Wildman–Crippen MR) is 157 cm³/mol. The van der Waals surface area contributed by atoms with Gasteiger partial charge in [0.05, 0.1) is 11.9 Å². The molecule has 0 radical (unpaired) electrons. The molecule has 208 valence electrons. The maximum atomic E-state index is 13.8. The van der Waals surface area contributed by atoms with Gasteiger partial charge in [0.25, 0.3) is 0 Å². The molecule has 3 aromatic rings. The van der Waals surface area contributed by atoms with E-state index < -0.39 is 16.1 Å². The van der Waals surface area contributed by atoms with Gasteiger partial charge in [-0.25, -0.2) is 8.42 Å². The van der Waals surface area contributed by atoms with Crippen molar-refractivity contribution in [3.63, 3.8) is 0 Å². The lowest BCUT2D eigenvalue weighted by molar-refractivity contribution is -0.141. The lowest BCUT2D eigenvalue weighted by Gasteiger charge is -2.32. The van der Waals surface area contributed by atoms with Crippen molar-refractivity contribution in [2.45, 2.75) is 52.6 Å². The molecule has 1 N–H and O–H groups in total. The highest BCUT2D eigenvalue weighted by atomic mass is 32.2. The maximum absolute atomic E-state index is 13.8. The summed E-state index contributed by atoms with van der Waals surface area (Å²) < 4.78 is 26.8. The number of nitrogens with one attached hydrogen (secondary N) is 1. The van der Waals surface area contributed by atoms with E-state index in [0.29, 0.717) is 18.5 Å². The summed E-state index contributed by atoms with van der Waals surface area (Å²) in [5, 5.41) is 2.72. The summed E-state index contributed by atoms with van der Waals surface area (Å²) in [4.78, 5) is 28.5. The SMILES string of the molecule is CNC(=O)C(Cc1ccccc1)N(Cc1cccc(C)c1)C(=O)CCCN(c1cc(C)ccc1C)S(C)(=O)=O. The van der Waals surface area contributed by atoms with Gasteiger partial charge >= 0.3 is 0 Å². The highest BCUT2D eigenvalue weighted by Crippen LogP contribution is 2.25. The van der Waals surface area contributed by atoms with Crippen LogP contribution in [0.4, 0.5) is 5.69 Å². The lowest BCUT2D eigenvalue weighted by atomic mass is 10.0. The van der Waals surface area contributed by atoms with E-state index in [0.717, 1.165) is 27.8 Å². The van der Waals surface area contributed by atoms with Crippen LogP contribution in [-0.2, 0) is 32.6 Å². The molecule has 0 aromatic heterocycles. The fourth-order valence-corrected chi connectivity index (χ4v) is 5.71. The number of carbonyl (C=O) groups excluding carboxylic acids is 2. The third-order valence-electron chi connectivity index (χ3n) is 6.74. The third kappa shape index (κ3) is 8.42. The number of nitrogens with zero attached hydrogens (tertiary/aromatic N) is 2. The van der Waals surface area contributed by atoms with E-state index in [1.54, 1.807) is 11.9 Å². The number of amides is 2. The predicted octanol–water partition coefficient (Wildman–Crippen LogP) is 4.54. The molecule has 1 unspecified atom stereocenters. The fourth-order valence-electron chi connectivity index (χ4n) is 4.70. The lowest BCUT2D eigenvalue weighted by Crippen LogP contribution is -2.49. The van der Waals surface area contributed by atoms with Crippen LogP contribution in [0, 0.1) is 20.8 Å². The van der Waals surface area contributed by atoms with Crippen LogP contribution in [0.5, 0.6) is 0 Å². The van der Waals surface area contributed by atoms with E-state index in [2.05, 4.69) is 5.32 Å². The molecule has 0 bridgehead atoms. The molecule has 7 nitrogen and oxygen atoms in total. The molecule has 0 saturated carbocycles. The highest BCUT2D eigenvalue weighted by molar-refractivity contribution is 7.92. The molecular formula is C31H39N3O4S. The first-order chi connectivity index (χ1) is 18.5. The molecule has 3 rings (SSSR count). The second-order valence-electron chi connectivity index (χ2n) is 10.1. The van der Waals surface area contributed by atoms with Crippen molar-refractivity contribution in [1.29, 1.82) is 0 Å². The Hall–Kier alpha value is -3.65. The Morgan fingerprint density at radius 1 is 0.872 bits per heavy atom. The second-order valence-corrected chi connectivity index (χ2v) is 12.0. The fraction of sp³-hybridized carbons (Fsp3) is 0.355. The topological polar surface area (TPSA) is 86.8 Å². The summed E-state index contributed by atoms with van der Waals surface area (Å²) in [6.45, 7) is 6.22. The molecule has 0 fully saturated rings. The van der Waals surface area contributed by atoms with Crippen LogP contribution in [0.1, 0.15) is 40.7 Å². The van der Waals surface area contributed by atoms with Crippen molar-refractivity contribution in [2.24, 2.45) is 0 Å². The van der Waals surface area contributed by atoms with Crippen molar-refractivity contribution < 1.29 is 18.0 Å². The van der Waals surface area contributed by atoms with Gasteiger partial charge in [-0.05, 0) is 55.5 Å². The largest absolute Gasteiger partial charge is 0.357 e. The summed E-state index contributed by atoms with van der Waals surface area (Å²) in [5.41, 5.74) is 5.37. The summed E-state index contributed by atoms with van der Waals surface area (Å²) in [5.74, 6) is -0.441. The van der Waals surface area contributed by atoms with E-state index in [9.17, 15) is 18.0 Å². The van der Waals surface area contributed by atoms with Crippen molar-refractivity contribution in [2.75, 3.05) is 24.2 Å². The minimum atomic E-state index is -3.56. The van der Waals surface area contributed by atoms with E-state index in [-0.39, 0.29) is 31.3 Å². The molecule has 0 spiro atoms. The van der Waals surface area contributed by atoms with Gasteiger partial charge < -0.3 is 10.2 Å². The molecule has 1 atom stereocenters. The Bertz CT molecular complexity index is 1390. The Balaban J connectivity index is 1.86. The van der Waals surface area contributed by atoms with Crippen LogP contribution in [0.3, 0.4) is 0 Å². The number of hydrogen-bond acceptors (Lipinski definition) is 4. The Kier molecular flexibility index (Phi) is 10.3. The van der Waals surface area contributed by atoms with Gasteiger partial charge in [0.1, 0.15) is 6.04 Å². The third-order valence-corrected chi connectivity index (χ3v) is 7.92. The number of aryl methyl sites for hydroxylation is 3. The molecule has 2 amide bonds. The molecule has 0 saturated heterocycles. The number of likely N-dealkylation sites (N-methyl/N-ethyl adjacent to an activating group) is 1. The van der Waals surface area contributed by atoms with E-state index in [1.165, 1.54) is 10.6 Å². The monoisotopic (exact) mass is 549 g/mol. The van der Waals surface area contributed by atoms with Gasteiger partial charge in [-0.3, -0.25) is 13.9 Å². The summed E-state index contributed by atoms with van der Waals surface area (Å²) in [6.07, 6.45) is 1.97. The zero-order valence-corrected chi connectivity index (χ0v) is 24.3. The standard InChI is InChI=1S/C31H39N3O4S/c1-23-11-9-14-27(19-23)22-33(29(31(36)32-4)21-26-12-7-6-8-13-26)30(35)15-10-18-34(39(5,37)38)28-20-24(2)16-17-25(28)3/h6-9,11-14,16-17,19-20,29H,10,15,18,21-22H2,1-5H3,(H,32,36). The summed E-state index contributed by atoms with van der Waals surface area (Å²) in [7, 11) is -1.99. The van der Waals surface area contributed by atoms with Crippen LogP contribution in [-0.4, -0.2) is 51.0 Å². The number of hydrogen-bond donors (Lipinski definition) is 1. The second kappa shape index (κ2) is 13.4. The van der Waals surface area contributed by atoms with Crippen molar-refractivity contribution >= 4 is 27.5 Å². The number of benzene rings is 3. The van der Waals surface area contributed by atoms with Crippen molar-refractivity contribution in [3.05, 3.63) is 101 Å². The number of carbonyl (C=O) groups is 2. The molecule has 39 heavy (non-hydrogen) atoms. The highest BCUT2D eigenvalue weighted by Gasteiger charge is 2.30. The van der Waals surface area contributed by atoms with Crippen LogP contribution in [0.2, 0.25) is 0 Å². The van der Waals surface area contributed by atoms with Gasteiger partial charge in [-0.1, -0.05) is 72.3 Å². The molecule has 8 heteroatoms. The molecule has 0 aliphatic heterocycles. The molecule has 0 heterocycles. The minimum Gasteiger partial charge on any atom is -0.357 e. The minimum absolute atomic E-state index is 0.102. The quantitative estimate of drug-likeness (QED) is 0.359. The first-order valence-corrected chi connectivity index (χ1v) is 15.0. The molecule has 3 aromatic carbocycles. The Labute approximate surface area is 232 Å².